The first-order valence-corrected chi connectivity index (χ1v) is 12.9. The number of aromatic nitrogens is 5. The molecule has 2 N–H and O–H groups in total. The number of benzene rings is 1. The monoisotopic (exact) mass is 576 g/mol. The second kappa shape index (κ2) is 9.13. The Kier molecular flexibility index (Phi) is 6.64. The summed E-state index contributed by atoms with van der Waals surface area (Å²) in [7, 11) is -4.12. The first-order chi connectivity index (χ1) is 17.3. The van der Waals surface area contributed by atoms with E-state index in [-0.39, 0.29) is 31.9 Å². The molecule has 0 saturated carbocycles. The smallest absolute Gasteiger partial charge is 0.274 e. The van der Waals surface area contributed by atoms with Gasteiger partial charge < -0.3 is 0 Å². The average molecular weight is 577 g/mol. The van der Waals surface area contributed by atoms with E-state index in [2.05, 4.69) is 19.9 Å². The molecule has 38 heavy (non-hydrogen) atoms. The van der Waals surface area contributed by atoms with Crippen molar-refractivity contribution in [3.05, 3.63) is 59.8 Å². The highest BCUT2D eigenvalue weighted by molar-refractivity contribution is 7.91. The van der Waals surface area contributed by atoms with Crippen LogP contribution in [-0.4, -0.2) is 32.9 Å². The van der Waals surface area contributed by atoms with Crippen LogP contribution >= 0.6 is 11.3 Å². The van der Waals surface area contributed by atoms with Crippen molar-refractivity contribution < 1.29 is 34.8 Å². The first kappa shape index (κ1) is 27.7. The lowest BCUT2D eigenvalue weighted by atomic mass is 9.93. The third-order valence-corrected chi connectivity index (χ3v) is 7.64. The predicted octanol–water partition coefficient (Wildman–Crippen LogP) is 5.44. The second-order valence-electron chi connectivity index (χ2n) is 9.13. The van der Waals surface area contributed by atoms with E-state index in [0.717, 1.165) is 46.5 Å². The van der Waals surface area contributed by atoms with Gasteiger partial charge in [0.25, 0.3) is 0 Å². The molecule has 4 rings (SSSR count). The molecule has 1 aromatic carbocycles. The van der Waals surface area contributed by atoms with Gasteiger partial charge in [0.05, 0.1) is 17.0 Å². The van der Waals surface area contributed by atoms with Crippen molar-refractivity contribution in [3.8, 4) is 27.9 Å². The van der Waals surface area contributed by atoms with E-state index in [0.29, 0.717) is 6.07 Å². The maximum Gasteiger partial charge on any atom is 0.433 e. The fraction of sp³-hybridized carbons (Fsp3) is 0.273. The van der Waals surface area contributed by atoms with Crippen LogP contribution in [0.2, 0.25) is 0 Å². The number of nitrogens with two attached hydrogens (primary N) is 1. The summed E-state index contributed by atoms with van der Waals surface area (Å²) >= 11 is 0.753. The Hall–Kier alpha value is -3.37. The Morgan fingerprint density at radius 2 is 1.53 bits per heavy atom. The minimum absolute atomic E-state index is 0.0000236. The highest BCUT2D eigenvalue weighted by Gasteiger charge is 2.35. The molecule has 0 saturated heterocycles. The van der Waals surface area contributed by atoms with E-state index >= 15 is 0 Å². The largest absolute Gasteiger partial charge is 0.433 e. The number of alkyl halides is 6. The van der Waals surface area contributed by atoms with E-state index in [4.69, 9.17) is 5.14 Å². The Morgan fingerprint density at radius 3 is 2.03 bits per heavy atom. The number of sulfonamides is 1. The summed E-state index contributed by atoms with van der Waals surface area (Å²) in [5.41, 5.74) is -2.94. The lowest BCUT2D eigenvalue weighted by molar-refractivity contribution is -0.141. The normalized spacial score (nSPS) is 13.2. The average Bonchev–Trinajstić information content (AvgIpc) is 3.45. The van der Waals surface area contributed by atoms with Crippen molar-refractivity contribution in [2.45, 2.75) is 42.7 Å². The molecule has 0 aliphatic heterocycles. The van der Waals surface area contributed by atoms with E-state index in [1.165, 1.54) is 6.20 Å². The highest BCUT2D eigenvalue weighted by atomic mass is 32.2. The summed E-state index contributed by atoms with van der Waals surface area (Å²) < 4.78 is 105. The molecule has 8 nitrogen and oxygen atoms in total. The molecule has 3 heterocycles. The lowest BCUT2D eigenvalue weighted by Gasteiger charge is -2.16. The third kappa shape index (κ3) is 5.71. The van der Waals surface area contributed by atoms with Gasteiger partial charge >= 0.3 is 12.4 Å². The maximum atomic E-state index is 13.6. The molecule has 3 aromatic heterocycles. The van der Waals surface area contributed by atoms with Crippen LogP contribution in [0.15, 0.2) is 47.1 Å². The van der Waals surface area contributed by atoms with Crippen LogP contribution in [0.5, 0.6) is 0 Å². The molecule has 0 amide bonds. The summed E-state index contributed by atoms with van der Waals surface area (Å²) in [6.45, 7) is 5.20. The summed E-state index contributed by atoms with van der Waals surface area (Å²) in [5, 5.41) is 5.48. The molecule has 0 unspecified atom stereocenters. The van der Waals surface area contributed by atoms with Gasteiger partial charge in [-0.25, -0.2) is 33.5 Å². The SMILES string of the molecule is CC(C)(C)c1nc(-c2cn(-c3nc(-c4ccc(C(F)(F)F)cc4)cc(C(F)(F)F)n3)cn2)sc1S(N)(=O)=O. The van der Waals surface area contributed by atoms with Crippen LogP contribution in [-0.2, 0) is 27.8 Å². The zero-order chi connectivity index (χ0) is 28.3. The number of halogens is 6. The zero-order valence-electron chi connectivity index (χ0n) is 19.8. The second-order valence-corrected chi connectivity index (χ2v) is 11.9. The van der Waals surface area contributed by atoms with Crippen LogP contribution in [0, 0.1) is 0 Å². The van der Waals surface area contributed by atoms with Crippen molar-refractivity contribution in [1.82, 2.24) is 24.5 Å². The van der Waals surface area contributed by atoms with Crippen LogP contribution in [0.3, 0.4) is 0 Å². The van der Waals surface area contributed by atoms with Crippen molar-refractivity contribution >= 4 is 21.4 Å². The van der Waals surface area contributed by atoms with Gasteiger partial charge in [-0.2, -0.15) is 26.3 Å². The minimum Gasteiger partial charge on any atom is -0.274 e. The summed E-state index contributed by atoms with van der Waals surface area (Å²) in [4.78, 5) is 16.1. The van der Waals surface area contributed by atoms with Gasteiger partial charge in [0.15, 0.2) is 9.90 Å². The zero-order valence-corrected chi connectivity index (χ0v) is 21.4. The molecule has 0 spiro atoms. The molecule has 0 aliphatic rings. The number of nitrogens with zero attached hydrogens (tertiary/aromatic N) is 5. The number of hydrogen-bond donors (Lipinski definition) is 1. The van der Waals surface area contributed by atoms with Gasteiger partial charge in [0, 0.05) is 17.2 Å². The predicted molar refractivity (Wildman–Crippen MR) is 126 cm³/mol. The molecule has 0 bridgehead atoms. The molecule has 16 heteroatoms. The highest BCUT2D eigenvalue weighted by Crippen LogP contribution is 2.37. The molecule has 0 fully saturated rings. The Labute approximate surface area is 216 Å². The van der Waals surface area contributed by atoms with Crippen LogP contribution in [0.1, 0.15) is 37.7 Å². The lowest BCUT2D eigenvalue weighted by Crippen LogP contribution is -2.19. The Bertz CT molecular complexity index is 1600. The topological polar surface area (TPSA) is 117 Å². The molecule has 0 atom stereocenters. The van der Waals surface area contributed by atoms with Gasteiger partial charge in [-0.05, 0) is 18.2 Å². The van der Waals surface area contributed by atoms with E-state index in [9.17, 15) is 34.8 Å². The molecule has 202 valence electrons. The van der Waals surface area contributed by atoms with Crippen LogP contribution in [0.25, 0.3) is 27.9 Å². The molecule has 4 aromatic rings. The van der Waals surface area contributed by atoms with E-state index < -0.39 is 45.0 Å². The Balaban J connectivity index is 1.80. The van der Waals surface area contributed by atoms with Crippen molar-refractivity contribution in [3.63, 3.8) is 0 Å². The Morgan fingerprint density at radius 1 is 0.895 bits per heavy atom. The third-order valence-electron chi connectivity index (χ3n) is 5.11. The van der Waals surface area contributed by atoms with Gasteiger partial charge in [0.1, 0.15) is 17.0 Å². The fourth-order valence-corrected chi connectivity index (χ4v) is 5.59. The van der Waals surface area contributed by atoms with Crippen LogP contribution in [0.4, 0.5) is 26.3 Å². The maximum absolute atomic E-state index is 13.6. The van der Waals surface area contributed by atoms with Crippen molar-refractivity contribution in [2.24, 2.45) is 5.14 Å². The summed E-state index contributed by atoms with van der Waals surface area (Å²) in [6, 6.07) is 4.11. The summed E-state index contributed by atoms with van der Waals surface area (Å²) in [5.74, 6) is -0.465. The number of imidazole rings is 1. The number of hydrogen-bond acceptors (Lipinski definition) is 7. The van der Waals surface area contributed by atoms with E-state index in [1.54, 1.807) is 20.8 Å². The minimum atomic E-state index is -4.89. The molecular formula is C22H18F6N6O2S2. The van der Waals surface area contributed by atoms with Gasteiger partial charge in [-0.3, -0.25) is 4.57 Å². The molecule has 0 aliphatic carbocycles. The van der Waals surface area contributed by atoms with Crippen LogP contribution < -0.4 is 5.14 Å². The summed E-state index contributed by atoms with van der Waals surface area (Å²) in [6.07, 6.45) is -7.14. The number of primary sulfonamides is 1. The number of rotatable bonds is 4. The first-order valence-electron chi connectivity index (χ1n) is 10.6. The van der Waals surface area contributed by atoms with E-state index in [1.807, 2.05) is 0 Å². The molecule has 0 radical (unpaired) electrons. The van der Waals surface area contributed by atoms with Gasteiger partial charge in [0.2, 0.25) is 16.0 Å². The number of thiazole rings is 1. The van der Waals surface area contributed by atoms with Gasteiger partial charge in [-0.1, -0.05) is 44.2 Å². The quantitative estimate of drug-likeness (QED) is 0.324. The fourth-order valence-electron chi connectivity index (χ4n) is 3.30. The standard InChI is InChI=1S/C22H18F6N6O2S2/c1-20(2,3)16-18(38(29,35)36)37-17(33-16)14-9-34(10-30-14)19-31-13(8-15(32-19)22(26,27)28)11-4-6-12(7-5-11)21(23,24)25/h4-10H,1-3H3,(H2,29,35,36). The molecular weight excluding hydrogens is 558 g/mol. The van der Waals surface area contributed by atoms with Crippen molar-refractivity contribution in [1.29, 1.82) is 0 Å². The van der Waals surface area contributed by atoms with Gasteiger partial charge in [-0.15, -0.1) is 0 Å². The van der Waals surface area contributed by atoms with Crippen molar-refractivity contribution in [2.75, 3.05) is 0 Å².